The van der Waals surface area contributed by atoms with E-state index in [1.54, 1.807) is 6.08 Å². The summed E-state index contributed by atoms with van der Waals surface area (Å²) in [7, 11) is 0. The third-order valence-corrected chi connectivity index (χ3v) is 3.89. The Kier molecular flexibility index (Phi) is 3.88. The number of carbonyl (C=O) groups is 1. The first-order valence-electron chi connectivity index (χ1n) is 4.05. The Morgan fingerprint density at radius 2 is 2.46 bits per heavy atom. The van der Waals surface area contributed by atoms with Gasteiger partial charge in [0.05, 0.1) is 8.66 Å². The van der Waals surface area contributed by atoms with Crippen LogP contribution < -0.4 is 0 Å². The van der Waals surface area contributed by atoms with E-state index in [1.165, 1.54) is 11.3 Å². The Morgan fingerprint density at radius 3 is 2.92 bits per heavy atom. The van der Waals surface area contributed by atoms with Gasteiger partial charge in [-0.2, -0.15) is 0 Å². The number of halogens is 1. The largest absolute Gasteiger partial charge is 0.293 e. The maximum absolute atomic E-state index is 11.5. The number of hydrogen-bond donors (Lipinski definition) is 0. The van der Waals surface area contributed by atoms with E-state index in [0.717, 1.165) is 20.6 Å². The van der Waals surface area contributed by atoms with E-state index in [2.05, 4.69) is 22.5 Å². The van der Waals surface area contributed by atoms with E-state index in [1.807, 2.05) is 13.0 Å². The second kappa shape index (κ2) is 4.72. The van der Waals surface area contributed by atoms with Gasteiger partial charge in [-0.25, -0.2) is 0 Å². The fraction of sp³-hybridized carbons (Fsp3) is 0.300. The number of rotatable bonds is 4. The maximum Gasteiger partial charge on any atom is 0.173 e. The van der Waals surface area contributed by atoms with Gasteiger partial charge in [0.25, 0.3) is 0 Å². The Hall–Kier alpha value is -0.410. The molecule has 0 aromatic carbocycles. The van der Waals surface area contributed by atoms with Crippen LogP contribution in [0.3, 0.4) is 0 Å². The van der Waals surface area contributed by atoms with Crippen LogP contribution in [0.5, 0.6) is 0 Å². The molecule has 0 amide bonds. The van der Waals surface area contributed by atoms with Crippen LogP contribution in [-0.4, -0.2) is 5.78 Å². The molecule has 0 fully saturated rings. The van der Waals surface area contributed by atoms with E-state index in [9.17, 15) is 4.79 Å². The number of allylic oxidation sites excluding steroid dienone is 1. The average molecular weight is 259 g/mol. The van der Waals surface area contributed by atoms with E-state index in [4.69, 9.17) is 0 Å². The fourth-order valence-electron chi connectivity index (χ4n) is 0.954. The Labute approximate surface area is 90.6 Å². The number of ketones is 1. The topological polar surface area (TPSA) is 17.1 Å². The molecule has 1 nitrogen and oxygen atoms in total. The molecule has 13 heavy (non-hydrogen) atoms. The Balaban J connectivity index is 2.71. The van der Waals surface area contributed by atoms with Gasteiger partial charge in [-0.15, -0.1) is 17.9 Å². The monoisotopic (exact) mass is 258 g/mol. The molecular formula is C10H11BrOS. The van der Waals surface area contributed by atoms with Gasteiger partial charge in [0.2, 0.25) is 0 Å². The average Bonchev–Trinajstić information content (AvgIpc) is 2.43. The molecule has 0 spiro atoms. The normalized spacial score (nSPS) is 10.0. The summed E-state index contributed by atoms with van der Waals surface area (Å²) in [5.41, 5.74) is 1.13. The lowest BCUT2D eigenvalue weighted by atomic mass is 10.2. The molecule has 1 aromatic rings. The van der Waals surface area contributed by atoms with Crippen molar-refractivity contribution in [3.63, 3.8) is 0 Å². The summed E-state index contributed by atoms with van der Waals surface area (Å²) < 4.78 is 1.05. The summed E-state index contributed by atoms with van der Waals surface area (Å²) in [5.74, 6) is 0.207. The summed E-state index contributed by atoms with van der Waals surface area (Å²) in [6, 6.07) is 1.93. The molecule has 0 unspecified atom stereocenters. The smallest absolute Gasteiger partial charge is 0.173 e. The summed E-state index contributed by atoms with van der Waals surface area (Å²) in [6.07, 6.45) is 3.09. The minimum atomic E-state index is 0.207. The van der Waals surface area contributed by atoms with Gasteiger partial charge < -0.3 is 0 Å². The summed E-state index contributed by atoms with van der Waals surface area (Å²) in [5, 5.41) is 0. The zero-order valence-electron chi connectivity index (χ0n) is 7.47. The Morgan fingerprint density at radius 1 is 1.77 bits per heavy atom. The zero-order chi connectivity index (χ0) is 9.84. The molecule has 0 radical (unpaired) electrons. The molecule has 1 heterocycles. The second-order valence-electron chi connectivity index (χ2n) is 2.82. The number of thiophene rings is 1. The van der Waals surface area contributed by atoms with Crippen LogP contribution in [0.25, 0.3) is 0 Å². The van der Waals surface area contributed by atoms with Gasteiger partial charge in [0.15, 0.2) is 5.78 Å². The van der Waals surface area contributed by atoms with Crippen molar-refractivity contribution >= 4 is 33.0 Å². The van der Waals surface area contributed by atoms with Crippen LogP contribution >= 0.6 is 27.3 Å². The standard InChI is InChI=1S/C10H11BrOS/c1-3-4-5-8(12)9-6-7(2)10(11)13-9/h3,6H,1,4-5H2,2H3. The molecule has 0 N–H and O–H groups in total. The predicted octanol–water partition coefficient (Wildman–Crippen LogP) is 3.97. The highest BCUT2D eigenvalue weighted by Gasteiger charge is 2.09. The number of hydrogen-bond acceptors (Lipinski definition) is 2. The van der Waals surface area contributed by atoms with E-state index in [-0.39, 0.29) is 5.78 Å². The lowest BCUT2D eigenvalue weighted by molar-refractivity contribution is 0.0987. The highest BCUT2D eigenvalue weighted by molar-refractivity contribution is 9.11. The van der Waals surface area contributed by atoms with Crippen molar-refractivity contribution in [1.82, 2.24) is 0 Å². The molecule has 1 aromatic heterocycles. The molecule has 3 heteroatoms. The predicted molar refractivity (Wildman–Crippen MR) is 60.5 cm³/mol. The quantitative estimate of drug-likeness (QED) is 0.590. The molecule has 70 valence electrons. The van der Waals surface area contributed by atoms with Crippen molar-refractivity contribution in [2.75, 3.05) is 0 Å². The second-order valence-corrected chi connectivity index (χ2v) is 5.19. The van der Waals surface area contributed by atoms with Crippen molar-refractivity contribution in [1.29, 1.82) is 0 Å². The number of aryl methyl sites for hydroxylation is 1. The zero-order valence-corrected chi connectivity index (χ0v) is 9.87. The third-order valence-electron chi connectivity index (χ3n) is 1.71. The van der Waals surface area contributed by atoms with E-state index < -0.39 is 0 Å². The van der Waals surface area contributed by atoms with Gasteiger partial charge in [-0.1, -0.05) is 6.08 Å². The number of carbonyl (C=O) groups excluding carboxylic acids is 1. The van der Waals surface area contributed by atoms with Crippen LogP contribution in [0.2, 0.25) is 0 Å². The first-order valence-corrected chi connectivity index (χ1v) is 5.66. The molecule has 1 rings (SSSR count). The SMILES string of the molecule is C=CCCC(=O)c1cc(C)c(Br)s1. The third kappa shape index (κ3) is 2.78. The van der Waals surface area contributed by atoms with E-state index >= 15 is 0 Å². The van der Waals surface area contributed by atoms with Crippen LogP contribution in [0.4, 0.5) is 0 Å². The minimum Gasteiger partial charge on any atom is -0.293 e. The lowest BCUT2D eigenvalue weighted by Crippen LogP contribution is -1.93. The molecule has 0 aliphatic carbocycles. The lowest BCUT2D eigenvalue weighted by Gasteiger charge is -1.92. The summed E-state index contributed by atoms with van der Waals surface area (Å²) >= 11 is 4.90. The van der Waals surface area contributed by atoms with Crippen LogP contribution in [0.15, 0.2) is 22.5 Å². The van der Waals surface area contributed by atoms with Crippen LogP contribution in [0.1, 0.15) is 28.1 Å². The van der Waals surface area contributed by atoms with Crippen molar-refractivity contribution in [2.45, 2.75) is 19.8 Å². The van der Waals surface area contributed by atoms with Gasteiger partial charge in [-0.05, 0) is 40.9 Å². The van der Waals surface area contributed by atoms with E-state index in [0.29, 0.717) is 6.42 Å². The van der Waals surface area contributed by atoms with Crippen LogP contribution in [0, 0.1) is 6.92 Å². The van der Waals surface area contributed by atoms with Gasteiger partial charge >= 0.3 is 0 Å². The van der Waals surface area contributed by atoms with Crippen molar-refractivity contribution in [3.8, 4) is 0 Å². The molecule has 0 saturated heterocycles. The molecule has 0 atom stereocenters. The molecular weight excluding hydrogens is 248 g/mol. The first-order chi connectivity index (χ1) is 6.15. The molecule has 0 aliphatic heterocycles. The fourth-order valence-corrected chi connectivity index (χ4v) is 2.46. The molecule has 0 aliphatic rings. The highest BCUT2D eigenvalue weighted by atomic mass is 79.9. The van der Waals surface area contributed by atoms with Crippen molar-refractivity contribution < 1.29 is 4.79 Å². The van der Waals surface area contributed by atoms with Gasteiger partial charge in [0.1, 0.15) is 0 Å². The summed E-state index contributed by atoms with van der Waals surface area (Å²) in [4.78, 5) is 12.4. The minimum absolute atomic E-state index is 0.207. The maximum atomic E-state index is 11.5. The number of Topliss-reactive ketones (excluding diaryl/α,β-unsaturated/α-hetero) is 1. The van der Waals surface area contributed by atoms with Gasteiger partial charge in [0, 0.05) is 6.42 Å². The highest BCUT2D eigenvalue weighted by Crippen LogP contribution is 2.28. The summed E-state index contributed by atoms with van der Waals surface area (Å²) in [6.45, 7) is 5.58. The van der Waals surface area contributed by atoms with Gasteiger partial charge in [-0.3, -0.25) is 4.79 Å². The van der Waals surface area contributed by atoms with Crippen molar-refractivity contribution in [2.24, 2.45) is 0 Å². The first kappa shape index (κ1) is 10.7. The van der Waals surface area contributed by atoms with Crippen LogP contribution in [-0.2, 0) is 0 Å². The molecule has 0 saturated carbocycles. The Bertz CT molecular complexity index is 308. The van der Waals surface area contributed by atoms with Crippen molar-refractivity contribution in [3.05, 3.63) is 32.9 Å². The molecule has 0 bridgehead atoms.